The van der Waals surface area contributed by atoms with Gasteiger partial charge in [0, 0.05) is 17.5 Å². The SMILES string of the molecule is Cc1cccc(C#C[C@]2(O)CCC[C@@H]3[C@H]2CCN3C)c1. The van der Waals surface area contributed by atoms with Gasteiger partial charge in [-0.2, -0.15) is 0 Å². The van der Waals surface area contributed by atoms with Gasteiger partial charge >= 0.3 is 0 Å². The van der Waals surface area contributed by atoms with Gasteiger partial charge in [-0.15, -0.1) is 0 Å². The summed E-state index contributed by atoms with van der Waals surface area (Å²) in [4.78, 5) is 2.39. The molecule has 1 aliphatic carbocycles. The normalized spacial score (nSPS) is 33.4. The number of benzene rings is 1. The average Bonchev–Trinajstić information content (AvgIpc) is 2.81. The van der Waals surface area contributed by atoms with Crippen molar-refractivity contribution in [2.24, 2.45) is 5.92 Å². The number of hydrogen-bond acceptors (Lipinski definition) is 2. The number of fused-ring (bicyclic) bond motifs is 1. The highest BCUT2D eigenvalue weighted by Crippen LogP contribution is 2.41. The number of nitrogens with zero attached hydrogens (tertiary/aromatic N) is 1. The van der Waals surface area contributed by atoms with Gasteiger partial charge in [-0.1, -0.05) is 24.0 Å². The smallest absolute Gasteiger partial charge is 0.130 e. The minimum atomic E-state index is -0.794. The lowest BCUT2D eigenvalue weighted by molar-refractivity contribution is -0.0118. The minimum Gasteiger partial charge on any atom is -0.377 e. The van der Waals surface area contributed by atoms with Gasteiger partial charge in [-0.25, -0.2) is 0 Å². The zero-order valence-electron chi connectivity index (χ0n) is 12.4. The van der Waals surface area contributed by atoms with Crippen molar-refractivity contribution in [1.29, 1.82) is 0 Å². The molecule has 3 atom stereocenters. The van der Waals surface area contributed by atoms with Gasteiger partial charge in [-0.3, -0.25) is 0 Å². The van der Waals surface area contributed by atoms with Crippen molar-refractivity contribution in [1.82, 2.24) is 4.90 Å². The molecule has 0 aromatic heterocycles. The molecule has 0 amide bonds. The molecule has 106 valence electrons. The van der Waals surface area contributed by atoms with Crippen LogP contribution in [0, 0.1) is 24.7 Å². The largest absolute Gasteiger partial charge is 0.377 e. The highest BCUT2D eigenvalue weighted by Gasteiger charge is 2.47. The molecule has 1 saturated carbocycles. The molecule has 1 aromatic carbocycles. The molecule has 0 bridgehead atoms. The standard InChI is InChI=1S/C18H23NO/c1-14-5-3-6-15(13-14)8-11-18(20)10-4-7-17-16(18)9-12-19(17)2/h3,5-6,13,16-17,20H,4,7,9-10,12H2,1-2H3/t16-,17-,18-/m1/s1. The van der Waals surface area contributed by atoms with Crippen molar-refractivity contribution >= 4 is 0 Å². The van der Waals surface area contributed by atoms with Gasteiger partial charge in [0.2, 0.25) is 0 Å². The van der Waals surface area contributed by atoms with Crippen molar-refractivity contribution < 1.29 is 5.11 Å². The molecule has 1 aliphatic heterocycles. The molecule has 20 heavy (non-hydrogen) atoms. The van der Waals surface area contributed by atoms with Gasteiger partial charge in [0.15, 0.2) is 0 Å². The maximum absolute atomic E-state index is 11.0. The second-order valence-electron chi connectivity index (χ2n) is 6.38. The van der Waals surface area contributed by atoms with E-state index >= 15 is 0 Å². The van der Waals surface area contributed by atoms with Gasteiger partial charge < -0.3 is 10.0 Å². The van der Waals surface area contributed by atoms with Crippen LogP contribution in [0.5, 0.6) is 0 Å². The molecule has 1 heterocycles. The topological polar surface area (TPSA) is 23.5 Å². The van der Waals surface area contributed by atoms with Crippen LogP contribution in [0.2, 0.25) is 0 Å². The molecule has 2 fully saturated rings. The van der Waals surface area contributed by atoms with Crippen LogP contribution >= 0.6 is 0 Å². The number of aliphatic hydroxyl groups is 1. The molecule has 1 N–H and O–H groups in total. The fourth-order valence-corrected chi connectivity index (χ4v) is 3.81. The summed E-state index contributed by atoms with van der Waals surface area (Å²) >= 11 is 0. The Hall–Kier alpha value is -1.30. The predicted molar refractivity (Wildman–Crippen MR) is 81.4 cm³/mol. The molecule has 2 nitrogen and oxygen atoms in total. The van der Waals surface area contributed by atoms with Crippen molar-refractivity contribution in [2.45, 2.75) is 44.2 Å². The Balaban J connectivity index is 1.85. The van der Waals surface area contributed by atoms with Crippen LogP contribution in [0.25, 0.3) is 0 Å². The second kappa shape index (κ2) is 5.24. The first-order chi connectivity index (χ1) is 9.58. The fourth-order valence-electron chi connectivity index (χ4n) is 3.81. The maximum Gasteiger partial charge on any atom is 0.130 e. The Kier molecular flexibility index (Phi) is 3.58. The van der Waals surface area contributed by atoms with E-state index in [2.05, 4.69) is 42.8 Å². The van der Waals surface area contributed by atoms with E-state index in [-0.39, 0.29) is 0 Å². The summed E-state index contributed by atoms with van der Waals surface area (Å²) in [6.07, 6.45) is 4.17. The van der Waals surface area contributed by atoms with E-state index in [0.29, 0.717) is 12.0 Å². The van der Waals surface area contributed by atoms with E-state index in [4.69, 9.17) is 0 Å². The fraction of sp³-hybridized carbons (Fsp3) is 0.556. The van der Waals surface area contributed by atoms with Gasteiger partial charge in [-0.05, 0) is 63.9 Å². The van der Waals surface area contributed by atoms with Crippen molar-refractivity contribution in [3.63, 3.8) is 0 Å². The summed E-state index contributed by atoms with van der Waals surface area (Å²) in [6, 6.07) is 8.71. The van der Waals surface area contributed by atoms with E-state index in [0.717, 1.165) is 31.4 Å². The van der Waals surface area contributed by atoms with E-state index in [9.17, 15) is 5.11 Å². The Bertz CT molecular complexity index is 556. The molecule has 3 rings (SSSR count). The maximum atomic E-state index is 11.0. The molecular formula is C18H23NO. The lowest BCUT2D eigenvalue weighted by Crippen LogP contribution is -2.47. The van der Waals surface area contributed by atoms with Crippen LogP contribution in [0.15, 0.2) is 24.3 Å². The molecular weight excluding hydrogens is 246 g/mol. The van der Waals surface area contributed by atoms with Crippen LogP contribution in [0.4, 0.5) is 0 Å². The van der Waals surface area contributed by atoms with E-state index in [1.54, 1.807) is 0 Å². The molecule has 2 heteroatoms. The van der Waals surface area contributed by atoms with E-state index in [1.807, 2.05) is 12.1 Å². The third kappa shape index (κ3) is 2.49. The summed E-state index contributed by atoms with van der Waals surface area (Å²) in [5, 5.41) is 11.0. The quantitative estimate of drug-likeness (QED) is 0.732. The van der Waals surface area contributed by atoms with Crippen LogP contribution in [0.1, 0.15) is 36.8 Å². The zero-order chi connectivity index (χ0) is 14.2. The summed E-state index contributed by atoms with van der Waals surface area (Å²) in [7, 11) is 2.17. The first kappa shape index (κ1) is 13.7. The van der Waals surface area contributed by atoms with E-state index in [1.165, 1.54) is 12.0 Å². The molecule has 1 saturated heterocycles. The predicted octanol–water partition coefficient (Wildman–Crippen LogP) is 2.58. The Morgan fingerprint density at radius 2 is 2.20 bits per heavy atom. The highest BCUT2D eigenvalue weighted by molar-refractivity contribution is 5.39. The third-order valence-electron chi connectivity index (χ3n) is 4.94. The summed E-state index contributed by atoms with van der Waals surface area (Å²) in [5.41, 5.74) is 1.43. The average molecular weight is 269 g/mol. The van der Waals surface area contributed by atoms with Crippen LogP contribution < -0.4 is 0 Å². The molecule has 2 aliphatic rings. The Morgan fingerprint density at radius 1 is 1.35 bits per heavy atom. The molecule has 0 radical (unpaired) electrons. The molecule has 0 spiro atoms. The van der Waals surface area contributed by atoms with Crippen LogP contribution in [0.3, 0.4) is 0 Å². The second-order valence-corrected chi connectivity index (χ2v) is 6.38. The Morgan fingerprint density at radius 3 is 3.00 bits per heavy atom. The zero-order valence-corrected chi connectivity index (χ0v) is 12.4. The summed E-state index contributed by atoms with van der Waals surface area (Å²) < 4.78 is 0. The van der Waals surface area contributed by atoms with E-state index < -0.39 is 5.60 Å². The number of aryl methyl sites for hydroxylation is 1. The number of likely N-dealkylation sites (tertiary alicyclic amines) is 1. The molecule has 1 aromatic rings. The monoisotopic (exact) mass is 269 g/mol. The van der Waals surface area contributed by atoms with Gasteiger partial charge in [0.1, 0.15) is 5.60 Å². The van der Waals surface area contributed by atoms with Crippen LogP contribution in [-0.4, -0.2) is 35.2 Å². The first-order valence-corrected chi connectivity index (χ1v) is 7.61. The van der Waals surface area contributed by atoms with Gasteiger partial charge in [0.25, 0.3) is 0 Å². The van der Waals surface area contributed by atoms with Gasteiger partial charge in [0.05, 0.1) is 0 Å². The van der Waals surface area contributed by atoms with Crippen molar-refractivity contribution in [2.75, 3.05) is 13.6 Å². The van der Waals surface area contributed by atoms with Crippen molar-refractivity contribution in [3.8, 4) is 11.8 Å². The lowest BCUT2D eigenvalue weighted by Gasteiger charge is -2.39. The number of rotatable bonds is 0. The van der Waals surface area contributed by atoms with Crippen molar-refractivity contribution in [3.05, 3.63) is 35.4 Å². The third-order valence-corrected chi connectivity index (χ3v) is 4.94. The number of hydrogen-bond donors (Lipinski definition) is 1. The first-order valence-electron chi connectivity index (χ1n) is 7.61. The van der Waals surface area contributed by atoms with Crippen LogP contribution in [-0.2, 0) is 0 Å². The minimum absolute atomic E-state index is 0.318. The molecule has 0 unspecified atom stereocenters. The summed E-state index contributed by atoms with van der Waals surface area (Å²) in [5.74, 6) is 6.74. The summed E-state index contributed by atoms with van der Waals surface area (Å²) in [6.45, 7) is 3.16. The lowest BCUT2D eigenvalue weighted by atomic mass is 9.73. The Labute approximate surface area is 121 Å². The highest BCUT2D eigenvalue weighted by atomic mass is 16.3.